The first kappa shape index (κ1) is 11.5. The van der Waals surface area contributed by atoms with E-state index >= 15 is 0 Å². The van der Waals surface area contributed by atoms with Gasteiger partial charge in [0.2, 0.25) is 5.91 Å². The first-order chi connectivity index (χ1) is 8.63. The minimum atomic E-state index is -0.392. The molecule has 1 saturated carbocycles. The predicted octanol–water partition coefficient (Wildman–Crippen LogP) is 3.22. The van der Waals surface area contributed by atoms with Crippen LogP contribution < -0.4 is 0 Å². The number of halogens is 1. The van der Waals surface area contributed by atoms with E-state index in [0.717, 1.165) is 24.2 Å². The Morgan fingerprint density at radius 3 is 2.78 bits per heavy atom. The van der Waals surface area contributed by atoms with E-state index in [1.165, 1.54) is 0 Å². The zero-order chi connectivity index (χ0) is 12.8. The van der Waals surface area contributed by atoms with Crippen molar-refractivity contribution < 1.29 is 4.79 Å². The molecule has 18 heavy (non-hydrogen) atoms. The molecule has 4 heteroatoms. The van der Waals surface area contributed by atoms with Crippen molar-refractivity contribution in [1.82, 2.24) is 9.55 Å². The van der Waals surface area contributed by atoms with Crippen molar-refractivity contribution in [3.05, 3.63) is 53.1 Å². The van der Waals surface area contributed by atoms with Crippen LogP contribution in [0.25, 0.3) is 0 Å². The molecule has 1 aliphatic rings. The highest BCUT2D eigenvalue weighted by Gasteiger charge is 2.52. The van der Waals surface area contributed by atoms with Gasteiger partial charge in [-0.2, -0.15) is 0 Å². The Labute approximate surface area is 110 Å². The summed E-state index contributed by atoms with van der Waals surface area (Å²) < 4.78 is 1.63. The molecule has 0 N–H and O–H groups in total. The molecule has 3 rings (SSSR count). The third kappa shape index (κ3) is 1.66. The fourth-order valence-corrected chi connectivity index (χ4v) is 2.55. The molecular formula is C14H13ClN2O. The molecule has 0 saturated heterocycles. The number of nitrogens with zero attached hydrogens (tertiary/aromatic N) is 2. The minimum Gasteiger partial charge on any atom is -0.273 e. The second-order valence-electron chi connectivity index (χ2n) is 4.74. The number of rotatable bonds is 2. The Kier molecular flexibility index (Phi) is 2.52. The van der Waals surface area contributed by atoms with Crippen molar-refractivity contribution in [3.63, 3.8) is 0 Å². The molecule has 0 amide bonds. The standard InChI is InChI=1S/C14H13ClN2O/c1-10-16-7-8-17(10)13(18)14(5-6-14)11-3-2-4-12(15)9-11/h2-4,7-9H,5-6H2,1H3. The lowest BCUT2D eigenvalue weighted by Crippen LogP contribution is -2.27. The van der Waals surface area contributed by atoms with E-state index in [4.69, 9.17) is 11.6 Å². The highest BCUT2D eigenvalue weighted by atomic mass is 35.5. The van der Waals surface area contributed by atoms with Gasteiger partial charge in [-0.3, -0.25) is 9.36 Å². The number of hydrogen-bond acceptors (Lipinski definition) is 2. The molecule has 0 atom stereocenters. The van der Waals surface area contributed by atoms with Crippen LogP contribution in [0.15, 0.2) is 36.7 Å². The van der Waals surface area contributed by atoms with Crippen LogP contribution in [-0.2, 0) is 5.41 Å². The molecule has 0 bridgehead atoms. The van der Waals surface area contributed by atoms with E-state index in [0.29, 0.717) is 5.02 Å². The summed E-state index contributed by atoms with van der Waals surface area (Å²) in [6.07, 6.45) is 5.14. The van der Waals surface area contributed by atoms with Crippen LogP contribution >= 0.6 is 11.6 Å². The van der Waals surface area contributed by atoms with Crippen LogP contribution in [0.5, 0.6) is 0 Å². The van der Waals surface area contributed by atoms with Crippen molar-refractivity contribution in [1.29, 1.82) is 0 Å². The molecular weight excluding hydrogens is 248 g/mol. The molecule has 1 aromatic heterocycles. The third-order valence-corrected chi connectivity index (χ3v) is 3.82. The van der Waals surface area contributed by atoms with Gasteiger partial charge >= 0.3 is 0 Å². The number of hydrogen-bond donors (Lipinski definition) is 0. The summed E-state index contributed by atoms with van der Waals surface area (Å²) >= 11 is 6.01. The van der Waals surface area contributed by atoms with Crippen LogP contribution in [0.2, 0.25) is 5.02 Å². The summed E-state index contributed by atoms with van der Waals surface area (Å²) in [5.74, 6) is 0.827. The topological polar surface area (TPSA) is 34.9 Å². The highest BCUT2D eigenvalue weighted by molar-refractivity contribution is 6.30. The molecule has 92 valence electrons. The summed E-state index contributed by atoms with van der Waals surface area (Å²) in [7, 11) is 0. The van der Waals surface area contributed by atoms with Crippen molar-refractivity contribution in [2.75, 3.05) is 0 Å². The monoisotopic (exact) mass is 260 g/mol. The first-order valence-corrected chi connectivity index (χ1v) is 6.32. The first-order valence-electron chi connectivity index (χ1n) is 5.94. The molecule has 0 radical (unpaired) electrons. The summed E-state index contributed by atoms with van der Waals surface area (Å²) in [5.41, 5.74) is 0.615. The van der Waals surface area contributed by atoms with Crippen molar-refractivity contribution in [2.24, 2.45) is 0 Å². The van der Waals surface area contributed by atoms with E-state index in [1.54, 1.807) is 17.0 Å². The maximum absolute atomic E-state index is 12.6. The van der Waals surface area contributed by atoms with Gasteiger partial charge in [-0.05, 0) is 37.5 Å². The smallest absolute Gasteiger partial charge is 0.242 e. The van der Waals surface area contributed by atoms with Gasteiger partial charge < -0.3 is 0 Å². The van der Waals surface area contributed by atoms with Gasteiger partial charge in [0.15, 0.2) is 0 Å². The predicted molar refractivity (Wildman–Crippen MR) is 70.0 cm³/mol. The van der Waals surface area contributed by atoms with Crippen LogP contribution in [0.1, 0.15) is 29.0 Å². The van der Waals surface area contributed by atoms with Crippen LogP contribution in [-0.4, -0.2) is 15.5 Å². The highest BCUT2D eigenvalue weighted by Crippen LogP contribution is 2.49. The van der Waals surface area contributed by atoms with Crippen LogP contribution in [0, 0.1) is 6.92 Å². The Hall–Kier alpha value is -1.61. The number of carbonyl (C=O) groups is 1. The fraction of sp³-hybridized carbons (Fsp3) is 0.286. The Morgan fingerprint density at radius 2 is 2.22 bits per heavy atom. The second kappa shape index (κ2) is 3.95. The van der Waals surface area contributed by atoms with E-state index < -0.39 is 5.41 Å². The lowest BCUT2D eigenvalue weighted by molar-refractivity contribution is 0.0860. The number of aryl methyl sites for hydroxylation is 1. The molecule has 0 aliphatic heterocycles. The second-order valence-corrected chi connectivity index (χ2v) is 5.18. The minimum absolute atomic E-state index is 0.0970. The van der Waals surface area contributed by atoms with Gasteiger partial charge in [0.05, 0.1) is 5.41 Å². The largest absolute Gasteiger partial charge is 0.273 e. The number of carbonyl (C=O) groups excluding carboxylic acids is 1. The zero-order valence-corrected chi connectivity index (χ0v) is 10.8. The molecule has 3 nitrogen and oxygen atoms in total. The lowest BCUT2D eigenvalue weighted by atomic mass is 9.95. The van der Waals surface area contributed by atoms with Gasteiger partial charge in [-0.15, -0.1) is 0 Å². The van der Waals surface area contributed by atoms with Crippen molar-refractivity contribution in [2.45, 2.75) is 25.2 Å². The van der Waals surface area contributed by atoms with Gasteiger partial charge in [0.25, 0.3) is 0 Å². The molecule has 1 fully saturated rings. The Bertz CT molecular complexity index is 614. The van der Waals surface area contributed by atoms with Gasteiger partial charge in [-0.25, -0.2) is 4.98 Å². The molecule has 1 aromatic carbocycles. The van der Waals surface area contributed by atoms with Crippen molar-refractivity contribution >= 4 is 17.5 Å². The normalized spacial score (nSPS) is 16.6. The fourth-order valence-electron chi connectivity index (χ4n) is 2.36. The lowest BCUT2D eigenvalue weighted by Gasteiger charge is -2.16. The quantitative estimate of drug-likeness (QED) is 0.831. The number of imidazole rings is 1. The Balaban J connectivity index is 2.01. The van der Waals surface area contributed by atoms with Crippen LogP contribution in [0.4, 0.5) is 0 Å². The zero-order valence-electron chi connectivity index (χ0n) is 10.1. The van der Waals surface area contributed by atoms with Gasteiger partial charge in [-0.1, -0.05) is 23.7 Å². The van der Waals surface area contributed by atoms with Crippen LogP contribution in [0.3, 0.4) is 0 Å². The summed E-state index contributed by atoms with van der Waals surface area (Å²) in [6, 6.07) is 7.58. The Morgan fingerprint density at radius 1 is 1.44 bits per heavy atom. The van der Waals surface area contributed by atoms with E-state index in [9.17, 15) is 4.79 Å². The summed E-state index contributed by atoms with van der Waals surface area (Å²) in [4.78, 5) is 16.7. The molecule has 1 heterocycles. The van der Waals surface area contributed by atoms with Gasteiger partial charge in [0, 0.05) is 17.4 Å². The summed E-state index contributed by atoms with van der Waals surface area (Å²) in [5, 5.41) is 0.675. The SMILES string of the molecule is Cc1nccn1C(=O)C1(c2cccc(Cl)c2)CC1. The van der Waals surface area contributed by atoms with E-state index in [1.807, 2.05) is 31.2 Å². The number of benzene rings is 1. The van der Waals surface area contributed by atoms with Crippen molar-refractivity contribution in [3.8, 4) is 0 Å². The van der Waals surface area contributed by atoms with E-state index in [2.05, 4.69) is 4.98 Å². The third-order valence-electron chi connectivity index (χ3n) is 3.58. The average molecular weight is 261 g/mol. The maximum Gasteiger partial charge on any atom is 0.242 e. The maximum atomic E-state index is 12.6. The molecule has 0 spiro atoms. The molecule has 0 unspecified atom stereocenters. The molecule has 1 aliphatic carbocycles. The number of aromatic nitrogens is 2. The average Bonchev–Trinajstić information content (AvgIpc) is 3.06. The van der Waals surface area contributed by atoms with Gasteiger partial charge in [0.1, 0.15) is 5.82 Å². The molecule has 2 aromatic rings. The summed E-state index contributed by atoms with van der Waals surface area (Å²) in [6.45, 7) is 1.84. The van der Waals surface area contributed by atoms with E-state index in [-0.39, 0.29) is 5.91 Å².